The van der Waals surface area contributed by atoms with Gasteiger partial charge in [0.25, 0.3) is 0 Å². The van der Waals surface area contributed by atoms with Crippen molar-refractivity contribution in [3.63, 3.8) is 0 Å². The molecule has 0 spiro atoms. The lowest BCUT2D eigenvalue weighted by atomic mass is 9.48. The van der Waals surface area contributed by atoms with Gasteiger partial charge in [-0.1, -0.05) is 78.4 Å². The third kappa shape index (κ3) is 25.1. The van der Waals surface area contributed by atoms with Gasteiger partial charge in [0.1, 0.15) is 32.7 Å². The first-order valence-corrected chi connectivity index (χ1v) is 53.5. The number of carbonyl (C=O) groups is 3. The zero-order valence-electron chi connectivity index (χ0n) is 77.1. The molecule has 0 radical (unpaired) electrons. The molecule has 9 aromatic carbocycles. The lowest BCUT2D eigenvalue weighted by Crippen LogP contribution is -2.58. The number of alkyl halides is 9. The average Bonchev–Trinajstić information content (AvgIpc) is 0.725. The van der Waals surface area contributed by atoms with E-state index < -0.39 is 283 Å². The molecule has 9 unspecified atom stereocenters. The fourth-order valence-electron chi connectivity index (χ4n) is 22.5. The summed E-state index contributed by atoms with van der Waals surface area (Å²) in [6.45, 7) is -0.392. The molecule has 12 aliphatic carbocycles. The molecule has 12 fully saturated rings. The van der Waals surface area contributed by atoms with E-state index in [0.717, 1.165) is 128 Å². The summed E-state index contributed by atoms with van der Waals surface area (Å²) in [7, 11) is -23.9. The molecule has 18 nitrogen and oxygen atoms in total. The zero-order chi connectivity index (χ0) is 108. The molecule has 0 heterocycles. The number of halogens is 23. The highest BCUT2D eigenvalue weighted by Crippen LogP contribution is 2.65. The lowest BCUT2D eigenvalue weighted by molar-refractivity contribution is -0.196. The number of rotatable bonds is 27. The Morgan fingerprint density at radius 1 is 0.306 bits per heavy atom. The quantitative estimate of drug-likeness (QED) is 0.0142. The molecular formula is C100H93F23O18S6. The Hall–Kier alpha value is -9.56. The van der Waals surface area contributed by atoms with Gasteiger partial charge >= 0.3 is 33.7 Å². The smallest absolute Gasteiger partial charge is 0.364 e. The van der Waals surface area contributed by atoms with Crippen LogP contribution in [0.5, 0.6) is 0 Å². The van der Waals surface area contributed by atoms with Crippen LogP contribution < -0.4 is 0 Å². The number of carbonyl (C=O) groups excluding carboxylic acids is 3. The summed E-state index contributed by atoms with van der Waals surface area (Å²) in [5.41, 5.74) is -4.42. The van der Waals surface area contributed by atoms with Gasteiger partial charge < -0.3 is 43.2 Å². The highest BCUT2D eigenvalue weighted by atomic mass is 32.2. The van der Waals surface area contributed by atoms with Crippen molar-refractivity contribution in [1.29, 1.82) is 0 Å². The highest BCUT2D eigenvalue weighted by Gasteiger charge is 2.65. The Labute approximate surface area is 837 Å². The van der Waals surface area contributed by atoms with Crippen molar-refractivity contribution in [3.8, 4) is 0 Å². The van der Waals surface area contributed by atoms with Gasteiger partial charge in [-0.2, -0.15) is 26.3 Å². The molecule has 147 heavy (non-hydrogen) atoms. The third-order valence-electron chi connectivity index (χ3n) is 27.4. The maximum absolute atomic E-state index is 14.3. The normalized spacial score (nSPS) is 25.1. The molecule has 12 bridgehead atoms. The van der Waals surface area contributed by atoms with Gasteiger partial charge in [-0.15, -0.1) is 0 Å². The van der Waals surface area contributed by atoms with Gasteiger partial charge in [0, 0.05) is 19.3 Å². The summed E-state index contributed by atoms with van der Waals surface area (Å²) in [6, 6.07) is 36.9. The monoisotopic (exact) mass is 2210 g/mol. The van der Waals surface area contributed by atoms with E-state index in [9.17, 15) is 170 Å². The van der Waals surface area contributed by atoms with Crippen molar-refractivity contribution in [2.24, 2.45) is 51.8 Å². The summed E-state index contributed by atoms with van der Waals surface area (Å²) >= 11 is 0. The number of benzene rings is 9. The number of esters is 3. The van der Waals surface area contributed by atoms with Crippen molar-refractivity contribution in [1.82, 2.24) is 0 Å². The molecule has 0 amide bonds. The molecule has 12 saturated carbocycles. The summed E-state index contributed by atoms with van der Waals surface area (Å²) < 4.78 is 427. The zero-order valence-corrected chi connectivity index (χ0v) is 82.0. The molecule has 798 valence electrons. The van der Waals surface area contributed by atoms with Crippen LogP contribution in [-0.4, -0.2) is 143 Å². The fourth-order valence-corrected chi connectivity index (χ4v) is 30.3. The van der Waals surface area contributed by atoms with E-state index in [1.807, 2.05) is 6.92 Å². The standard InChI is InChI=1S/C19H13F4S.C18H9F6S.C18H11F4S.3C15H21F3O6S/c1-12-8-10-13(11-9-12)24(18-14(20)4-2-5-15(18)21)19-16(22)6-3-7-17(19)23;19-10-4-1-5-11(20)16(10)25(17-12(21)6-2-7-13(17)22)18-14(23)8-3-9-15(18)24;19-13-8-4-9-14(20)17(13)23(12-6-2-1-3-7-12)18-15(21)10-5-11-16(18)22;3*16-11(15(17,18)25(21,22)23)1-2-24-12(19)13-4-9-3-10(5-13)7-14(20,6-9)8-13/h2-11H,1H3;1-9H;1-11H;3*9-11,20H,1-8H2,(H,21,22,23)/q3*+1;;;/p-3. The van der Waals surface area contributed by atoms with Gasteiger partial charge in [-0.05, 0) is 267 Å². The first-order chi connectivity index (χ1) is 68.6. The van der Waals surface area contributed by atoms with E-state index in [-0.39, 0.29) is 74.4 Å². The lowest BCUT2D eigenvalue weighted by Gasteiger charge is -2.58. The molecule has 0 saturated heterocycles. The summed E-state index contributed by atoms with van der Waals surface area (Å²) in [5, 5.41) is 16.5. The topological polar surface area (TPSA) is 311 Å². The minimum Gasteiger partial charge on any atom is -0.743 e. The molecular weight excluding hydrogens is 2120 g/mol. The van der Waals surface area contributed by atoms with E-state index in [0.29, 0.717) is 86.8 Å². The van der Waals surface area contributed by atoms with Crippen molar-refractivity contribution in [3.05, 3.63) is 269 Å². The second-order valence-electron chi connectivity index (χ2n) is 38.5. The summed E-state index contributed by atoms with van der Waals surface area (Å²) in [5.74, 6) is -14.3. The summed E-state index contributed by atoms with van der Waals surface area (Å²) in [4.78, 5) is 34.4. The second-order valence-corrected chi connectivity index (χ2v) is 48.5. The van der Waals surface area contributed by atoms with Gasteiger partial charge in [-0.3, -0.25) is 14.4 Å². The molecule has 9 aromatic rings. The molecule has 9 atom stereocenters. The van der Waals surface area contributed by atoms with Gasteiger partial charge in [0.15, 0.2) is 140 Å². The van der Waals surface area contributed by atoms with Crippen molar-refractivity contribution in [2.45, 2.75) is 237 Å². The Kier molecular flexibility index (Phi) is 34.9. The van der Waals surface area contributed by atoms with E-state index in [1.54, 1.807) is 54.6 Å². The van der Waals surface area contributed by atoms with Crippen LogP contribution in [0.2, 0.25) is 0 Å². The van der Waals surface area contributed by atoms with E-state index >= 15 is 0 Å². The Morgan fingerprint density at radius 3 is 0.673 bits per heavy atom. The third-order valence-corrected chi connectivity index (χ3v) is 37.2. The molecule has 47 heteroatoms. The number of ether oxygens (including phenoxy) is 3. The molecule has 0 aromatic heterocycles. The Bertz CT molecular complexity index is 6010. The Balaban J connectivity index is 0.000000147. The van der Waals surface area contributed by atoms with Crippen molar-refractivity contribution < 1.29 is 184 Å². The van der Waals surface area contributed by atoms with Crippen LogP contribution in [0.3, 0.4) is 0 Å². The highest BCUT2D eigenvalue weighted by molar-refractivity contribution is 7.97. The fraction of sp³-hybridized carbons (Fsp3) is 0.430. The van der Waals surface area contributed by atoms with E-state index in [4.69, 9.17) is 14.2 Å². The van der Waals surface area contributed by atoms with Gasteiger partial charge in [0.05, 0.1) is 52.9 Å². The number of aliphatic hydroxyl groups is 3. The average molecular weight is 2210 g/mol. The number of aryl methyl sites for hydroxylation is 1. The second kappa shape index (κ2) is 44.8. The first-order valence-electron chi connectivity index (χ1n) is 45.6. The van der Waals surface area contributed by atoms with Gasteiger partial charge in [-0.25, -0.2) is 99.9 Å². The minimum absolute atomic E-state index is 0.211. The summed E-state index contributed by atoms with van der Waals surface area (Å²) in [6.07, 6.45) is -2.32. The minimum atomic E-state index is -6.13. The van der Waals surface area contributed by atoms with Crippen LogP contribution >= 0.6 is 0 Å². The number of hydrogen-bond donors (Lipinski definition) is 3. The predicted octanol–water partition coefficient (Wildman–Crippen LogP) is 21.8. The van der Waals surface area contributed by atoms with Crippen LogP contribution in [0.15, 0.2) is 226 Å². The molecule has 3 N–H and O–H groups in total. The SMILES string of the molecule is Cc1ccc([S+](c2c(F)cccc2F)c2c(F)cccc2F)cc1.Fc1cccc(F)c1[S+](c1c(F)cccc1F)c1c(F)cccc1F.Fc1cccc(F)c1[S+](c1ccccc1)c1c(F)cccc1F.O=C(OCCC(F)C(F)(F)S(=O)(=O)[O-])C12CC3CC(CC(O)(C3)C1)C2.O=C(OCCC(F)C(F)(F)S(=O)(=O)[O-])C12CC3CC(CC(O)(C3)C1)C2.O=C(OCCC(F)C(F)(F)S(=O)(=O)[O-])C12CC3CC(CC(O)(C3)C1)C2. The Morgan fingerprint density at radius 2 is 0.490 bits per heavy atom. The van der Waals surface area contributed by atoms with Crippen LogP contribution in [0.1, 0.15) is 140 Å². The van der Waals surface area contributed by atoms with Gasteiger partial charge in [0.2, 0.25) is 34.3 Å². The first kappa shape index (κ1) is 115. The maximum atomic E-state index is 14.3. The van der Waals surface area contributed by atoms with Crippen molar-refractivity contribution >= 4 is 80.9 Å². The van der Waals surface area contributed by atoms with Crippen LogP contribution in [0.4, 0.5) is 101 Å². The molecule has 0 aliphatic heterocycles. The predicted molar refractivity (Wildman–Crippen MR) is 480 cm³/mol. The van der Waals surface area contributed by atoms with E-state index in [2.05, 4.69) is 0 Å². The van der Waals surface area contributed by atoms with Crippen LogP contribution in [0.25, 0.3) is 0 Å². The largest absolute Gasteiger partial charge is 0.743 e. The van der Waals surface area contributed by atoms with Crippen LogP contribution in [0, 0.1) is 140 Å². The van der Waals surface area contributed by atoms with E-state index in [1.165, 1.54) is 24.3 Å². The maximum Gasteiger partial charge on any atom is 0.364 e. The van der Waals surface area contributed by atoms with Crippen molar-refractivity contribution in [2.75, 3.05) is 19.8 Å². The molecule has 21 rings (SSSR count). The molecule has 12 aliphatic rings. The van der Waals surface area contributed by atoms with Crippen LogP contribution in [-0.2, 0) is 91.6 Å². The number of hydrogen-bond acceptors (Lipinski definition) is 18.